The number of aromatic amines is 1. The van der Waals surface area contributed by atoms with Crippen molar-refractivity contribution >= 4 is 5.78 Å². The third kappa shape index (κ3) is 1.46. The Labute approximate surface area is 92.0 Å². The van der Waals surface area contributed by atoms with Crippen molar-refractivity contribution in [3.05, 3.63) is 21.7 Å². The zero-order valence-electron chi connectivity index (χ0n) is 9.48. The van der Waals surface area contributed by atoms with Crippen molar-refractivity contribution in [1.82, 2.24) is 19.6 Å². The van der Waals surface area contributed by atoms with Crippen molar-refractivity contribution in [1.29, 1.82) is 0 Å². The standard InChI is InChI=1S/C10H14N4O2/c1-4-6-11-10-12-8(15)7(5(2)3)9(16)14(10)13-6/h5,16H,4H2,1-3H3,(H,11,12,13,15). The lowest BCUT2D eigenvalue weighted by molar-refractivity contribution is 0.422. The first-order valence-electron chi connectivity index (χ1n) is 5.25. The van der Waals surface area contributed by atoms with Crippen molar-refractivity contribution in [2.24, 2.45) is 0 Å². The second-order valence-corrected chi connectivity index (χ2v) is 3.96. The fourth-order valence-corrected chi connectivity index (χ4v) is 1.64. The first kappa shape index (κ1) is 10.7. The zero-order valence-corrected chi connectivity index (χ0v) is 9.48. The molecule has 0 unspecified atom stereocenters. The largest absolute Gasteiger partial charge is 0.493 e. The Morgan fingerprint density at radius 1 is 1.50 bits per heavy atom. The monoisotopic (exact) mass is 222 g/mol. The number of fused-ring (bicyclic) bond motifs is 1. The van der Waals surface area contributed by atoms with Crippen molar-refractivity contribution in [3.63, 3.8) is 0 Å². The van der Waals surface area contributed by atoms with Gasteiger partial charge in [-0.1, -0.05) is 20.8 Å². The fraction of sp³-hybridized carbons (Fsp3) is 0.500. The minimum absolute atomic E-state index is 0.0672. The second-order valence-electron chi connectivity index (χ2n) is 3.96. The van der Waals surface area contributed by atoms with Crippen LogP contribution in [0.3, 0.4) is 0 Å². The van der Waals surface area contributed by atoms with E-state index < -0.39 is 0 Å². The number of H-pyrrole nitrogens is 1. The van der Waals surface area contributed by atoms with Crippen LogP contribution >= 0.6 is 0 Å². The minimum Gasteiger partial charge on any atom is -0.493 e. The van der Waals surface area contributed by atoms with Gasteiger partial charge in [0.2, 0.25) is 11.7 Å². The summed E-state index contributed by atoms with van der Waals surface area (Å²) in [6.45, 7) is 5.59. The average Bonchev–Trinajstić information content (AvgIpc) is 2.60. The summed E-state index contributed by atoms with van der Waals surface area (Å²) in [5.41, 5.74) is 0.0232. The smallest absolute Gasteiger partial charge is 0.259 e. The number of nitrogens with one attached hydrogen (secondary N) is 1. The van der Waals surface area contributed by atoms with Gasteiger partial charge in [-0.05, 0) is 5.92 Å². The van der Waals surface area contributed by atoms with Gasteiger partial charge in [-0.2, -0.15) is 9.50 Å². The molecule has 6 heteroatoms. The second kappa shape index (κ2) is 3.62. The highest BCUT2D eigenvalue weighted by molar-refractivity contribution is 5.37. The Hall–Kier alpha value is -1.85. The highest BCUT2D eigenvalue weighted by atomic mass is 16.3. The molecule has 0 aliphatic heterocycles. The number of rotatable bonds is 2. The molecule has 86 valence electrons. The van der Waals surface area contributed by atoms with Crippen LogP contribution in [0.1, 0.15) is 38.1 Å². The normalized spacial score (nSPS) is 11.5. The van der Waals surface area contributed by atoms with Crippen LogP contribution in [0.5, 0.6) is 5.88 Å². The summed E-state index contributed by atoms with van der Waals surface area (Å²) >= 11 is 0. The van der Waals surface area contributed by atoms with Crippen molar-refractivity contribution < 1.29 is 5.11 Å². The molecule has 0 saturated carbocycles. The third-order valence-corrected chi connectivity index (χ3v) is 2.46. The molecule has 0 aliphatic rings. The van der Waals surface area contributed by atoms with Crippen molar-refractivity contribution in [2.75, 3.05) is 0 Å². The van der Waals surface area contributed by atoms with E-state index in [0.29, 0.717) is 17.8 Å². The summed E-state index contributed by atoms with van der Waals surface area (Å²) in [7, 11) is 0. The molecular weight excluding hydrogens is 208 g/mol. The summed E-state index contributed by atoms with van der Waals surface area (Å²) < 4.78 is 1.27. The van der Waals surface area contributed by atoms with Crippen LogP contribution in [0.2, 0.25) is 0 Å². The van der Waals surface area contributed by atoms with Crippen LogP contribution in [0.15, 0.2) is 4.79 Å². The number of aromatic nitrogens is 4. The minimum atomic E-state index is -0.310. The number of nitrogens with zero attached hydrogens (tertiary/aromatic N) is 3. The van der Waals surface area contributed by atoms with E-state index in [1.54, 1.807) is 0 Å². The van der Waals surface area contributed by atoms with E-state index in [2.05, 4.69) is 15.1 Å². The molecule has 2 heterocycles. The maximum Gasteiger partial charge on any atom is 0.259 e. The Bertz CT molecular complexity index is 582. The van der Waals surface area contributed by atoms with Gasteiger partial charge in [0.1, 0.15) is 0 Å². The van der Waals surface area contributed by atoms with Crippen molar-refractivity contribution in [2.45, 2.75) is 33.1 Å². The topological polar surface area (TPSA) is 83.3 Å². The summed E-state index contributed by atoms with van der Waals surface area (Å²) in [6.07, 6.45) is 0.653. The van der Waals surface area contributed by atoms with Gasteiger partial charge in [0.25, 0.3) is 5.56 Å². The number of hydrogen-bond donors (Lipinski definition) is 2. The maximum atomic E-state index is 11.7. The van der Waals surface area contributed by atoms with Gasteiger partial charge in [-0.15, -0.1) is 5.10 Å². The number of aromatic hydroxyl groups is 1. The molecule has 0 atom stereocenters. The van der Waals surface area contributed by atoms with Gasteiger partial charge < -0.3 is 5.11 Å². The molecule has 0 saturated heterocycles. The summed E-state index contributed by atoms with van der Waals surface area (Å²) in [4.78, 5) is 18.4. The Balaban J connectivity index is 2.81. The summed E-state index contributed by atoms with van der Waals surface area (Å²) in [6, 6.07) is 0. The Morgan fingerprint density at radius 3 is 2.75 bits per heavy atom. The Morgan fingerprint density at radius 2 is 2.19 bits per heavy atom. The first-order chi connectivity index (χ1) is 7.54. The van der Waals surface area contributed by atoms with E-state index >= 15 is 0 Å². The van der Waals surface area contributed by atoms with Crippen LogP contribution in [0.4, 0.5) is 0 Å². The van der Waals surface area contributed by atoms with Gasteiger partial charge >= 0.3 is 0 Å². The average molecular weight is 222 g/mol. The molecule has 16 heavy (non-hydrogen) atoms. The van der Waals surface area contributed by atoms with E-state index in [4.69, 9.17) is 0 Å². The van der Waals surface area contributed by atoms with Gasteiger partial charge in [0.05, 0.1) is 5.56 Å². The SMILES string of the molecule is CCc1nc2[nH]c(=O)c(C(C)C)c(O)n2n1. The molecule has 0 spiro atoms. The predicted octanol–water partition coefficient (Wildman–Crippen LogP) is 0.809. The van der Waals surface area contributed by atoms with Gasteiger partial charge in [0.15, 0.2) is 5.82 Å². The van der Waals surface area contributed by atoms with Crippen LogP contribution in [0.25, 0.3) is 5.78 Å². The van der Waals surface area contributed by atoms with Gasteiger partial charge in [-0.25, -0.2) is 0 Å². The Kier molecular flexibility index (Phi) is 2.41. The van der Waals surface area contributed by atoms with E-state index in [9.17, 15) is 9.90 Å². The predicted molar refractivity (Wildman–Crippen MR) is 58.7 cm³/mol. The summed E-state index contributed by atoms with van der Waals surface area (Å²) in [5, 5.41) is 14.1. The van der Waals surface area contributed by atoms with E-state index in [0.717, 1.165) is 0 Å². The lowest BCUT2D eigenvalue weighted by atomic mass is 10.1. The molecule has 6 nitrogen and oxygen atoms in total. The molecule has 2 rings (SSSR count). The molecule has 0 bridgehead atoms. The van der Waals surface area contributed by atoms with Crippen molar-refractivity contribution in [3.8, 4) is 5.88 Å². The molecule has 0 aromatic carbocycles. The molecule has 0 fully saturated rings. The maximum absolute atomic E-state index is 11.7. The van der Waals surface area contributed by atoms with Gasteiger partial charge in [0, 0.05) is 6.42 Å². The quantitative estimate of drug-likeness (QED) is 0.787. The lowest BCUT2D eigenvalue weighted by Crippen LogP contribution is -2.17. The molecule has 2 aromatic heterocycles. The lowest BCUT2D eigenvalue weighted by Gasteiger charge is -2.06. The van der Waals surface area contributed by atoms with E-state index in [-0.39, 0.29) is 23.1 Å². The number of aryl methyl sites for hydroxylation is 1. The van der Waals surface area contributed by atoms with Crippen LogP contribution < -0.4 is 5.56 Å². The van der Waals surface area contributed by atoms with Crippen LogP contribution in [-0.4, -0.2) is 24.7 Å². The zero-order chi connectivity index (χ0) is 11.9. The number of hydrogen-bond acceptors (Lipinski definition) is 4. The molecule has 2 aromatic rings. The highest BCUT2D eigenvalue weighted by Gasteiger charge is 2.17. The molecule has 0 amide bonds. The first-order valence-corrected chi connectivity index (χ1v) is 5.25. The van der Waals surface area contributed by atoms with Crippen LogP contribution in [-0.2, 0) is 6.42 Å². The van der Waals surface area contributed by atoms with E-state index in [1.165, 1.54) is 4.52 Å². The molecular formula is C10H14N4O2. The third-order valence-electron chi connectivity index (χ3n) is 2.46. The fourth-order valence-electron chi connectivity index (χ4n) is 1.64. The molecule has 2 N–H and O–H groups in total. The van der Waals surface area contributed by atoms with Gasteiger partial charge in [-0.3, -0.25) is 9.78 Å². The highest BCUT2D eigenvalue weighted by Crippen LogP contribution is 2.20. The van der Waals surface area contributed by atoms with Crippen LogP contribution in [0, 0.1) is 0 Å². The molecule has 0 aliphatic carbocycles. The van der Waals surface area contributed by atoms with E-state index in [1.807, 2.05) is 20.8 Å². The summed E-state index contributed by atoms with van der Waals surface area (Å²) in [5.74, 6) is 0.680. The molecule has 0 radical (unpaired) electrons.